The second kappa shape index (κ2) is 8.73. The third-order valence-corrected chi connectivity index (χ3v) is 3.86. The van der Waals surface area contributed by atoms with Crippen LogP contribution in [0.25, 0.3) is 0 Å². The lowest BCUT2D eigenvalue weighted by molar-refractivity contribution is 0.0754. The van der Waals surface area contributed by atoms with Crippen molar-refractivity contribution in [2.45, 2.75) is 26.7 Å². The van der Waals surface area contributed by atoms with Gasteiger partial charge >= 0.3 is 0 Å². The molecule has 23 heavy (non-hydrogen) atoms. The van der Waals surface area contributed by atoms with Crippen molar-refractivity contribution in [3.05, 3.63) is 42.0 Å². The number of benzene rings is 1. The van der Waals surface area contributed by atoms with E-state index in [1.165, 1.54) is 0 Å². The molecule has 0 N–H and O–H groups in total. The van der Waals surface area contributed by atoms with Gasteiger partial charge in [-0.25, -0.2) is 0 Å². The molecule has 1 aliphatic heterocycles. The molecule has 1 aliphatic rings. The largest absolute Gasteiger partial charge is 0.489 e. The minimum atomic E-state index is 0.0921. The lowest BCUT2D eigenvalue weighted by Crippen LogP contribution is -2.29. The molecule has 1 saturated heterocycles. The molecule has 4 nitrogen and oxygen atoms in total. The maximum absolute atomic E-state index is 12.5. The summed E-state index contributed by atoms with van der Waals surface area (Å²) < 4.78 is 11.2. The van der Waals surface area contributed by atoms with Crippen LogP contribution in [-0.4, -0.2) is 43.7 Å². The highest BCUT2D eigenvalue weighted by atomic mass is 16.5. The molecule has 1 amide bonds. The van der Waals surface area contributed by atoms with Gasteiger partial charge in [0, 0.05) is 31.2 Å². The Morgan fingerprint density at radius 3 is 2.74 bits per heavy atom. The average molecular weight is 317 g/mol. The molecule has 0 aliphatic carbocycles. The minimum absolute atomic E-state index is 0.0921. The van der Waals surface area contributed by atoms with E-state index in [2.05, 4.69) is 13.5 Å². The Labute approximate surface area is 139 Å². The molecule has 126 valence electrons. The summed E-state index contributed by atoms with van der Waals surface area (Å²) in [4.78, 5) is 14.5. The summed E-state index contributed by atoms with van der Waals surface area (Å²) in [5.74, 6) is 1.31. The molecule has 2 rings (SSSR count). The fourth-order valence-corrected chi connectivity index (χ4v) is 2.63. The van der Waals surface area contributed by atoms with E-state index in [1.54, 1.807) is 0 Å². The highest BCUT2D eigenvalue weighted by Gasteiger charge is 2.26. The first-order valence-electron chi connectivity index (χ1n) is 8.34. The first-order valence-corrected chi connectivity index (χ1v) is 8.34. The van der Waals surface area contributed by atoms with Gasteiger partial charge in [0.05, 0.1) is 6.61 Å². The van der Waals surface area contributed by atoms with Crippen molar-refractivity contribution in [1.82, 2.24) is 4.90 Å². The van der Waals surface area contributed by atoms with Crippen molar-refractivity contribution in [3.63, 3.8) is 0 Å². The van der Waals surface area contributed by atoms with Crippen molar-refractivity contribution in [2.75, 3.05) is 32.9 Å². The second-order valence-electron chi connectivity index (χ2n) is 6.25. The van der Waals surface area contributed by atoms with Gasteiger partial charge < -0.3 is 14.4 Å². The standard InChI is InChI=1S/C19H27NO3/c1-4-11-22-14-16-9-10-20(12-16)19(21)17-5-7-18(8-6-17)23-13-15(2)3/h5-8,16H,2,4,9-14H2,1,3H3. The molecule has 1 aromatic carbocycles. The van der Waals surface area contributed by atoms with Crippen molar-refractivity contribution in [1.29, 1.82) is 0 Å². The number of amides is 1. The summed E-state index contributed by atoms with van der Waals surface area (Å²) in [7, 11) is 0. The van der Waals surface area contributed by atoms with Crippen LogP contribution in [0.4, 0.5) is 0 Å². The van der Waals surface area contributed by atoms with Crippen LogP contribution in [0.5, 0.6) is 5.75 Å². The Kier molecular flexibility index (Phi) is 6.66. The number of ether oxygens (including phenoxy) is 2. The lowest BCUT2D eigenvalue weighted by atomic mass is 10.1. The van der Waals surface area contributed by atoms with Crippen LogP contribution < -0.4 is 4.74 Å². The zero-order valence-electron chi connectivity index (χ0n) is 14.2. The number of likely N-dealkylation sites (tertiary alicyclic amines) is 1. The van der Waals surface area contributed by atoms with Crippen LogP contribution >= 0.6 is 0 Å². The van der Waals surface area contributed by atoms with E-state index in [4.69, 9.17) is 9.47 Å². The van der Waals surface area contributed by atoms with Gasteiger partial charge in [-0.15, -0.1) is 0 Å². The van der Waals surface area contributed by atoms with E-state index in [-0.39, 0.29) is 5.91 Å². The van der Waals surface area contributed by atoms with E-state index in [0.29, 0.717) is 18.1 Å². The monoisotopic (exact) mass is 317 g/mol. The van der Waals surface area contributed by atoms with Gasteiger partial charge in [0.25, 0.3) is 5.91 Å². The van der Waals surface area contributed by atoms with Gasteiger partial charge in [0.1, 0.15) is 12.4 Å². The molecule has 4 heteroatoms. The van der Waals surface area contributed by atoms with Crippen molar-refractivity contribution >= 4 is 5.91 Å². The number of carbonyl (C=O) groups is 1. The Bertz CT molecular complexity index is 524. The first kappa shape index (κ1) is 17.5. The van der Waals surface area contributed by atoms with Gasteiger partial charge in [-0.1, -0.05) is 13.5 Å². The Balaban J connectivity index is 1.84. The average Bonchev–Trinajstić information content (AvgIpc) is 3.02. The Hall–Kier alpha value is -1.81. The molecular weight excluding hydrogens is 290 g/mol. The van der Waals surface area contributed by atoms with Crippen LogP contribution in [0.15, 0.2) is 36.4 Å². The zero-order valence-corrected chi connectivity index (χ0v) is 14.2. The molecule has 0 aromatic heterocycles. The van der Waals surface area contributed by atoms with Crippen molar-refractivity contribution in [2.24, 2.45) is 5.92 Å². The van der Waals surface area contributed by atoms with Crippen LogP contribution in [0.3, 0.4) is 0 Å². The van der Waals surface area contributed by atoms with Gasteiger partial charge in [0.15, 0.2) is 0 Å². The molecule has 1 atom stereocenters. The molecule has 1 unspecified atom stereocenters. The molecule has 0 radical (unpaired) electrons. The summed E-state index contributed by atoms with van der Waals surface area (Å²) >= 11 is 0. The molecule has 1 fully saturated rings. The molecule has 1 heterocycles. The molecule has 0 saturated carbocycles. The van der Waals surface area contributed by atoms with E-state index < -0.39 is 0 Å². The quantitative estimate of drug-likeness (QED) is 0.544. The Morgan fingerprint density at radius 1 is 1.35 bits per heavy atom. The first-order chi connectivity index (χ1) is 11.1. The molecular formula is C19H27NO3. The molecule has 1 aromatic rings. The number of rotatable bonds is 8. The maximum Gasteiger partial charge on any atom is 0.253 e. The molecule has 0 bridgehead atoms. The molecule has 0 spiro atoms. The predicted molar refractivity (Wildman–Crippen MR) is 91.9 cm³/mol. The van der Waals surface area contributed by atoms with Crippen molar-refractivity contribution in [3.8, 4) is 5.75 Å². The number of hydrogen-bond acceptors (Lipinski definition) is 3. The second-order valence-corrected chi connectivity index (χ2v) is 6.25. The summed E-state index contributed by atoms with van der Waals surface area (Å²) in [5.41, 5.74) is 1.68. The fraction of sp³-hybridized carbons (Fsp3) is 0.526. The van der Waals surface area contributed by atoms with Gasteiger partial charge in [-0.2, -0.15) is 0 Å². The smallest absolute Gasteiger partial charge is 0.253 e. The van der Waals surface area contributed by atoms with Crippen LogP contribution in [-0.2, 0) is 4.74 Å². The highest BCUT2D eigenvalue weighted by molar-refractivity contribution is 5.94. The van der Waals surface area contributed by atoms with Crippen LogP contribution in [0.1, 0.15) is 37.0 Å². The zero-order chi connectivity index (χ0) is 16.7. The summed E-state index contributed by atoms with van der Waals surface area (Å²) in [5, 5.41) is 0. The van der Waals surface area contributed by atoms with E-state index in [9.17, 15) is 4.79 Å². The van der Waals surface area contributed by atoms with Crippen LogP contribution in [0, 0.1) is 5.92 Å². The summed E-state index contributed by atoms with van der Waals surface area (Å²) in [6.45, 7) is 11.5. The maximum atomic E-state index is 12.5. The lowest BCUT2D eigenvalue weighted by Gasteiger charge is -2.17. The third-order valence-electron chi connectivity index (χ3n) is 3.86. The fourth-order valence-electron chi connectivity index (χ4n) is 2.63. The number of hydrogen-bond donors (Lipinski definition) is 0. The Morgan fingerprint density at radius 2 is 2.09 bits per heavy atom. The number of carbonyl (C=O) groups excluding carboxylic acids is 1. The topological polar surface area (TPSA) is 38.8 Å². The van der Waals surface area contributed by atoms with Gasteiger partial charge in [-0.05, 0) is 49.6 Å². The predicted octanol–water partition coefficient (Wildman–Crippen LogP) is 3.53. The van der Waals surface area contributed by atoms with E-state index in [1.807, 2.05) is 36.1 Å². The van der Waals surface area contributed by atoms with Crippen molar-refractivity contribution < 1.29 is 14.3 Å². The normalized spacial score (nSPS) is 17.3. The summed E-state index contributed by atoms with van der Waals surface area (Å²) in [6, 6.07) is 7.34. The van der Waals surface area contributed by atoms with Gasteiger partial charge in [-0.3, -0.25) is 4.79 Å². The highest BCUT2D eigenvalue weighted by Crippen LogP contribution is 2.20. The minimum Gasteiger partial charge on any atom is -0.489 e. The van der Waals surface area contributed by atoms with Gasteiger partial charge in [0.2, 0.25) is 0 Å². The summed E-state index contributed by atoms with van der Waals surface area (Å²) in [6.07, 6.45) is 2.06. The third kappa shape index (κ3) is 5.39. The van der Waals surface area contributed by atoms with E-state index >= 15 is 0 Å². The van der Waals surface area contributed by atoms with E-state index in [0.717, 1.165) is 50.5 Å². The SMILES string of the molecule is C=C(C)COc1ccc(C(=O)N2CCC(COCCC)C2)cc1. The number of nitrogens with zero attached hydrogens (tertiary/aromatic N) is 1. The van der Waals surface area contributed by atoms with Crippen LogP contribution in [0.2, 0.25) is 0 Å².